The molecule has 0 bridgehead atoms. The minimum atomic E-state index is 0.102. The van der Waals surface area contributed by atoms with Gasteiger partial charge in [-0.3, -0.25) is 0 Å². The molecule has 0 aliphatic carbocycles. The van der Waals surface area contributed by atoms with Crippen LogP contribution in [0.3, 0.4) is 0 Å². The molecule has 2 amide bonds. The van der Waals surface area contributed by atoms with Crippen molar-refractivity contribution < 1.29 is 4.79 Å². The molecule has 0 atom stereocenters. The van der Waals surface area contributed by atoms with Crippen LogP contribution in [0.15, 0.2) is 0 Å². The Balaban J connectivity index is 4.34. The fourth-order valence-electron chi connectivity index (χ4n) is 1.85. The van der Waals surface area contributed by atoms with Gasteiger partial charge in [-0.15, -0.1) is 0 Å². The van der Waals surface area contributed by atoms with Crippen molar-refractivity contribution in [3.63, 3.8) is 0 Å². The molecule has 16 heavy (non-hydrogen) atoms. The van der Waals surface area contributed by atoms with Crippen LogP contribution in [0.4, 0.5) is 4.79 Å². The molecule has 3 nitrogen and oxygen atoms in total. The molecule has 0 unspecified atom stereocenters. The zero-order valence-corrected chi connectivity index (χ0v) is 12.2. The van der Waals surface area contributed by atoms with Crippen LogP contribution >= 0.6 is 0 Å². The van der Waals surface area contributed by atoms with Crippen molar-refractivity contribution in [3.8, 4) is 0 Å². The Morgan fingerprint density at radius 2 is 1.06 bits per heavy atom. The lowest BCUT2D eigenvalue weighted by atomic mass is 9.96. The van der Waals surface area contributed by atoms with E-state index in [1.165, 1.54) is 0 Å². The molecule has 0 rings (SSSR count). The Bertz CT molecular complexity index is 211. The highest BCUT2D eigenvalue weighted by molar-refractivity contribution is 5.73. The summed E-state index contributed by atoms with van der Waals surface area (Å²) in [6.07, 6.45) is 0. The van der Waals surface area contributed by atoms with E-state index >= 15 is 0 Å². The standard InChI is InChI=1S/C13H28N2O/c1-12(2,3)9-14(7)11(16)15(8)10-13(4,5)6/h9-10H2,1-8H3. The van der Waals surface area contributed by atoms with Crippen molar-refractivity contribution in [1.82, 2.24) is 9.80 Å². The summed E-state index contributed by atoms with van der Waals surface area (Å²) in [5.74, 6) is 0. The van der Waals surface area contributed by atoms with Gasteiger partial charge in [-0.2, -0.15) is 0 Å². The number of carbonyl (C=O) groups is 1. The number of amides is 2. The van der Waals surface area contributed by atoms with Crippen LogP contribution in [0.1, 0.15) is 41.5 Å². The summed E-state index contributed by atoms with van der Waals surface area (Å²) in [6.45, 7) is 14.4. The number of rotatable bonds is 2. The molecule has 96 valence electrons. The van der Waals surface area contributed by atoms with Gasteiger partial charge in [0.15, 0.2) is 0 Å². The highest BCUT2D eigenvalue weighted by atomic mass is 16.2. The van der Waals surface area contributed by atoms with Crippen molar-refractivity contribution in [3.05, 3.63) is 0 Å². The predicted molar refractivity (Wildman–Crippen MR) is 69.6 cm³/mol. The summed E-state index contributed by atoms with van der Waals surface area (Å²) in [7, 11) is 3.74. The quantitative estimate of drug-likeness (QED) is 0.712. The van der Waals surface area contributed by atoms with Crippen LogP contribution in [-0.2, 0) is 0 Å². The van der Waals surface area contributed by atoms with Crippen LogP contribution in [0, 0.1) is 10.8 Å². The molecule has 0 saturated carbocycles. The zero-order valence-electron chi connectivity index (χ0n) is 12.2. The van der Waals surface area contributed by atoms with Gasteiger partial charge in [-0.25, -0.2) is 4.79 Å². The summed E-state index contributed by atoms with van der Waals surface area (Å²) in [5, 5.41) is 0. The minimum absolute atomic E-state index is 0.102. The van der Waals surface area contributed by atoms with Gasteiger partial charge < -0.3 is 9.80 Å². The first-order valence-electron chi connectivity index (χ1n) is 5.89. The molecule has 0 fully saturated rings. The van der Waals surface area contributed by atoms with Gasteiger partial charge in [-0.1, -0.05) is 41.5 Å². The molecule has 3 heteroatoms. The highest BCUT2D eigenvalue weighted by Gasteiger charge is 2.23. The van der Waals surface area contributed by atoms with Gasteiger partial charge >= 0.3 is 6.03 Å². The van der Waals surface area contributed by atoms with Crippen molar-refractivity contribution in [2.75, 3.05) is 27.2 Å². The molecule has 0 aliphatic heterocycles. The summed E-state index contributed by atoms with van der Waals surface area (Å²) >= 11 is 0. The second-order valence-corrected chi connectivity index (χ2v) is 7.12. The Labute approximate surface area is 101 Å². The topological polar surface area (TPSA) is 23.6 Å². The van der Waals surface area contributed by atoms with Gasteiger partial charge in [0.2, 0.25) is 0 Å². The first kappa shape index (κ1) is 15.3. The van der Waals surface area contributed by atoms with E-state index in [-0.39, 0.29) is 16.9 Å². The fourth-order valence-corrected chi connectivity index (χ4v) is 1.85. The monoisotopic (exact) mass is 228 g/mol. The maximum Gasteiger partial charge on any atom is 0.319 e. The van der Waals surface area contributed by atoms with Crippen molar-refractivity contribution >= 4 is 6.03 Å². The van der Waals surface area contributed by atoms with Gasteiger partial charge in [0.25, 0.3) is 0 Å². The van der Waals surface area contributed by atoms with Crippen LogP contribution in [0.2, 0.25) is 0 Å². The average Bonchev–Trinajstić information content (AvgIpc) is 1.96. The third kappa shape index (κ3) is 6.70. The Morgan fingerprint density at radius 3 is 1.25 bits per heavy atom. The average molecular weight is 228 g/mol. The maximum absolute atomic E-state index is 12.1. The van der Waals surface area contributed by atoms with E-state index in [4.69, 9.17) is 0 Å². The third-order valence-electron chi connectivity index (χ3n) is 2.08. The van der Waals surface area contributed by atoms with Gasteiger partial charge in [0, 0.05) is 27.2 Å². The second kappa shape index (κ2) is 5.07. The summed E-state index contributed by atoms with van der Waals surface area (Å²) in [5.41, 5.74) is 0.292. The van der Waals surface area contributed by atoms with Crippen LogP contribution in [0.25, 0.3) is 0 Å². The molecule has 0 aromatic rings. The summed E-state index contributed by atoms with van der Waals surface area (Å²) in [6, 6.07) is 0.102. The molecule has 0 spiro atoms. The number of hydrogen-bond acceptors (Lipinski definition) is 1. The lowest BCUT2D eigenvalue weighted by Gasteiger charge is -2.33. The number of urea groups is 1. The first-order chi connectivity index (χ1) is 6.92. The van der Waals surface area contributed by atoms with E-state index in [1.54, 1.807) is 9.80 Å². The predicted octanol–water partition coefficient (Wildman–Crippen LogP) is 3.06. The fraction of sp³-hybridized carbons (Fsp3) is 0.923. The molecular formula is C13H28N2O. The highest BCUT2D eigenvalue weighted by Crippen LogP contribution is 2.17. The maximum atomic E-state index is 12.1. The minimum Gasteiger partial charge on any atom is -0.327 e. The SMILES string of the molecule is CN(CC(C)(C)C)C(=O)N(C)CC(C)(C)C. The van der Waals surface area contributed by atoms with E-state index in [0.29, 0.717) is 0 Å². The van der Waals surface area contributed by atoms with Gasteiger partial charge in [0.05, 0.1) is 0 Å². The van der Waals surface area contributed by atoms with E-state index < -0.39 is 0 Å². The molecule has 0 N–H and O–H groups in total. The summed E-state index contributed by atoms with van der Waals surface area (Å²) < 4.78 is 0. The zero-order chi connectivity index (χ0) is 13.1. The molecule has 0 heterocycles. The molecular weight excluding hydrogens is 200 g/mol. The Kier molecular flexibility index (Phi) is 4.84. The van der Waals surface area contributed by atoms with E-state index in [0.717, 1.165) is 13.1 Å². The van der Waals surface area contributed by atoms with E-state index in [2.05, 4.69) is 41.5 Å². The van der Waals surface area contributed by atoms with Crippen LogP contribution < -0.4 is 0 Å². The Morgan fingerprint density at radius 1 is 0.812 bits per heavy atom. The lowest BCUT2D eigenvalue weighted by Crippen LogP contribution is -2.45. The van der Waals surface area contributed by atoms with Crippen molar-refractivity contribution in [2.24, 2.45) is 10.8 Å². The molecule has 0 aliphatic rings. The lowest BCUT2D eigenvalue weighted by molar-refractivity contribution is 0.142. The van der Waals surface area contributed by atoms with Gasteiger partial charge in [0.1, 0.15) is 0 Å². The molecule has 0 radical (unpaired) electrons. The normalized spacial score (nSPS) is 12.5. The van der Waals surface area contributed by atoms with Crippen molar-refractivity contribution in [2.45, 2.75) is 41.5 Å². The van der Waals surface area contributed by atoms with Crippen molar-refractivity contribution in [1.29, 1.82) is 0 Å². The molecule has 0 aromatic heterocycles. The smallest absolute Gasteiger partial charge is 0.319 e. The second-order valence-electron chi connectivity index (χ2n) is 7.12. The number of carbonyl (C=O) groups excluding carboxylic acids is 1. The largest absolute Gasteiger partial charge is 0.327 e. The molecule has 0 aromatic carbocycles. The van der Waals surface area contributed by atoms with Gasteiger partial charge in [-0.05, 0) is 10.8 Å². The number of nitrogens with zero attached hydrogens (tertiary/aromatic N) is 2. The van der Waals surface area contributed by atoms with Crippen LogP contribution in [0.5, 0.6) is 0 Å². The first-order valence-corrected chi connectivity index (χ1v) is 5.89. The summed E-state index contributed by atoms with van der Waals surface area (Å²) in [4.78, 5) is 15.6. The Hall–Kier alpha value is -0.730. The molecule has 0 saturated heterocycles. The number of hydrogen-bond donors (Lipinski definition) is 0. The van der Waals surface area contributed by atoms with E-state index in [9.17, 15) is 4.79 Å². The third-order valence-corrected chi connectivity index (χ3v) is 2.08. The van der Waals surface area contributed by atoms with Crippen LogP contribution in [-0.4, -0.2) is 43.0 Å². The van der Waals surface area contributed by atoms with E-state index in [1.807, 2.05) is 14.1 Å².